The van der Waals surface area contributed by atoms with Gasteiger partial charge in [-0.3, -0.25) is 9.48 Å². The van der Waals surface area contributed by atoms with Gasteiger partial charge in [0.05, 0.1) is 5.56 Å². The number of aliphatic imine (C=N–C) groups is 1. The van der Waals surface area contributed by atoms with Gasteiger partial charge >= 0.3 is 0 Å². The average Bonchev–Trinajstić information content (AvgIpc) is 3.01. The summed E-state index contributed by atoms with van der Waals surface area (Å²) >= 11 is 0. The van der Waals surface area contributed by atoms with Crippen molar-refractivity contribution in [2.75, 3.05) is 19.6 Å². The zero-order valence-electron chi connectivity index (χ0n) is 14.4. The quantitative estimate of drug-likeness (QED) is 0.319. The third-order valence-corrected chi connectivity index (χ3v) is 3.38. The fourth-order valence-electron chi connectivity index (χ4n) is 2.07. The molecule has 9 nitrogen and oxygen atoms in total. The Morgan fingerprint density at radius 3 is 2.68 bits per heavy atom. The molecule has 1 amide bonds. The number of aryl methyl sites for hydroxylation is 1. The van der Waals surface area contributed by atoms with Crippen LogP contribution in [0.3, 0.4) is 0 Å². The van der Waals surface area contributed by atoms with E-state index in [0.717, 1.165) is 12.4 Å². The highest BCUT2D eigenvalue weighted by Gasteiger charge is 2.09. The van der Waals surface area contributed by atoms with Crippen molar-refractivity contribution in [2.45, 2.75) is 13.5 Å². The maximum Gasteiger partial charge on any atom is 0.255 e. The molecular formula is C16H23N7O2. The molecule has 1 aromatic heterocycles. The molecule has 0 aliphatic carbocycles. The van der Waals surface area contributed by atoms with E-state index in [0.29, 0.717) is 25.6 Å². The molecule has 0 saturated heterocycles. The van der Waals surface area contributed by atoms with Gasteiger partial charge in [0.15, 0.2) is 5.96 Å². The van der Waals surface area contributed by atoms with Crippen molar-refractivity contribution in [3.8, 4) is 5.75 Å². The van der Waals surface area contributed by atoms with Gasteiger partial charge in [0.2, 0.25) is 0 Å². The zero-order valence-corrected chi connectivity index (χ0v) is 14.4. The Bertz CT molecular complexity index is 727. The first-order valence-corrected chi connectivity index (χ1v) is 8.03. The van der Waals surface area contributed by atoms with Crippen molar-refractivity contribution in [1.29, 1.82) is 0 Å². The third-order valence-electron chi connectivity index (χ3n) is 3.38. The number of phenols is 1. The van der Waals surface area contributed by atoms with Crippen LogP contribution in [0.1, 0.15) is 23.1 Å². The van der Waals surface area contributed by atoms with Crippen molar-refractivity contribution >= 4 is 11.9 Å². The number of rotatable bonds is 7. The van der Waals surface area contributed by atoms with Crippen LogP contribution < -0.4 is 16.0 Å². The molecule has 0 aliphatic heterocycles. The number of guanidine groups is 1. The summed E-state index contributed by atoms with van der Waals surface area (Å²) in [6.07, 6.45) is 1.49. The minimum Gasteiger partial charge on any atom is -0.507 e. The number of aromatic hydroxyl groups is 1. The molecule has 2 aromatic rings. The van der Waals surface area contributed by atoms with Gasteiger partial charge in [-0.2, -0.15) is 5.10 Å². The fraction of sp³-hybridized carbons (Fsp3) is 0.375. The smallest absolute Gasteiger partial charge is 0.255 e. The first kappa shape index (κ1) is 18.2. The molecule has 1 aromatic carbocycles. The molecule has 1 heterocycles. The summed E-state index contributed by atoms with van der Waals surface area (Å²) in [5, 5.41) is 22.7. The van der Waals surface area contributed by atoms with Gasteiger partial charge in [-0.25, -0.2) is 9.98 Å². The molecule has 0 bridgehead atoms. The lowest BCUT2D eigenvalue weighted by Gasteiger charge is -2.12. The van der Waals surface area contributed by atoms with Gasteiger partial charge in [-0.1, -0.05) is 12.1 Å². The molecule has 0 unspecified atom stereocenters. The number of hydrogen-bond acceptors (Lipinski definition) is 5. The Labute approximate surface area is 146 Å². The maximum absolute atomic E-state index is 12.0. The van der Waals surface area contributed by atoms with E-state index in [2.05, 4.69) is 31.0 Å². The van der Waals surface area contributed by atoms with Crippen LogP contribution in [0.2, 0.25) is 0 Å². The zero-order chi connectivity index (χ0) is 18.1. The van der Waals surface area contributed by atoms with Crippen LogP contribution in [-0.2, 0) is 13.6 Å². The maximum atomic E-state index is 12.0. The highest BCUT2D eigenvalue weighted by molar-refractivity contribution is 5.96. The minimum absolute atomic E-state index is 0.0356. The van der Waals surface area contributed by atoms with Crippen molar-refractivity contribution in [3.63, 3.8) is 0 Å². The second-order valence-corrected chi connectivity index (χ2v) is 5.19. The van der Waals surface area contributed by atoms with Crippen molar-refractivity contribution < 1.29 is 9.90 Å². The minimum atomic E-state index is -0.319. The van der Waals surface area contributed by atoms with Gasteiger partial charge in [-0.15, -0.1) is 0 Å². The molecule has 0 fully saturated rings. The molecule has 0 atom stereocenters. The Balaban J connectivity index is 1.80. The molecule has 9 heteroatoms. The van der Waals surface area contributed by atoms with Crippen molar-refractivity contribution in [3.05, 3.63) is 42.0 Å². The lowest BCUT2D eigenvalue weighted by Crippen LogP contribution is -2.41. The van der Waals surface area contributed by atoms with Gasteiger partial charge in [0, 0.05) is 26.7 Å². The normalized spacial score (nSPS) is 11.2. The summed E-state index contributed by atoms with van der Waals surface area (Å²) < 4.78 is 1.67. The standard InChI is InChI=1S/C16H23N7O2/c1-3-17-16(20-10-14-21-11-22-23(14)2)19-9-8-18-15(25)12-6-4-5-7-13(12)24/h4-7,11,24H,3,8-10H2,1-2H3,(H,18,25)(H2,17,19,20). The summed E-state index contributed by atoms with van der Waals surface area (Å²) in [6, 6.07) is 6.43. The van der Waals surface area contributed by atoms with Crippen molar-refractivity contribution in [1.82, 2.24) is 30.7 Å². The van der Waals surface area contributed by atoms with Crippen LogP contribution in [0.25, 0.3) is 0 Å². The first-order chi connectivity index (χ1) is 12.1. The Kier molecular flexibility index (Phi) is 6.76. The number of aromatic nitrogens is 3. The molecule has 0 aliphatic rings. The highest BCUT2D eigenvalue weighted by atomic mass is 16.3. The van der Waals surface area contributed by atoms with Crippen LogP contribution in [0.4, 0.5) is 0 Å². The Morgan fingerprint density at radius 1 is 1.24 bits per heavy atom. The summed E-state index contributed by atoms with van der Waals surface area (Å²) in [5.41, 5.74) is 0.255. The molecule has 0 spiro atoms. The lowest BCUT2D eigenvalue weighted by atomic mass is 10.2. The second-order valence-electron chi connectivity index (χ2n) is 5.19. The van der Waals surface area contributed by atoms with Crippen LogP contribution in [0, 0.1) is 0 Å². The van der Waals surface area contributed by atoms with Crippen LogP contribution >= 0.6 is 0 Å². The number of para-hydroxylation sites is 1. The van der Waals surface area contributed by atoms with Crippen LogP contribution in [0.5, 0.6) is 5.75 Å². The Hall–Kier alpha value is -3.10. The predicted molar refractivity (Wildman–Crippen MR) is 94.3 cm³/mol. The van der Waals surface area contributed by atoms with E-state index in [4.69, 9.17) is 0 Å². The number of amides is 1. The fourth-order valence-corrected chi connectivity index (χ4v) is 2.07. The van der Waals surface area contributed by atoms with Gasteiger partial charge < -0.3 is 21.1 Å². The number of benzene rings is 1. The molecule has 0 saturated carbocycles. The van der Waals surface area contributed by atoms with Crippen LogP contribution in [0.15, 0.2) is 35.6 Å². The average molecular weight is 345 g/mol. The van der Waals surface area contributed by atoms with Gasteiger partial charge in [0.1, 0.15) is 24.4 Å². The second kappa shape index (κ2) is 9.26. The molecule has 25 heavy (non-hydrogen) atoms. The van der Waals surface area contributed by atoms with E-state index in [-0.39, 0.29) is 17.2 Å². The van der Waals surface area contributed by atoms with Gasteiger partial charge in [0.25, 0.3) is 5.91 Å². The molecular weight excluding hydrogens is 322 g/mol. The molecule has 134 valence electrons. The summed E-state index contributed by atoms with van der Waals surface area (Å²) in [5.74, 6) is 1.03. The largest absolute Gasteiger partial charge is 0.507 e. The first-order valence-electron chi connectivity index (χ1n) is 8.03. The third kappa shape index (κ3) is 5.48. The van der Waals surface area contributed by atoms with Crippen molar-refractivity contribution in [2.24, 2.45) is 12.0 Å². The molecule has 0 radical (unpaired) electrons. The topological polar surface area (TPSA) is 116 Å². The monoisotopic (exact) mass is 345 g/mol. The summed E-state index contributed by atoms with van der Waals surface area (Å²) in [7, 11) is 1.81. The SMILES string of the molecule is CCNC(=NCc1ncnn1C)NCCNC(=O)c1ccccc1O. The van der Waals surface area contributed by atoms with E-state index >= 15 is 0 Å². The highest BCUT2D eigenvalue weighted by Crippen LogP contribution is 2.14. The van der Waals surface area contributed by atoms with E-state index < -0.39 is 0 Å². The van der Waals surface area contributed by atoms with Crippen LogP contribution in [-0.4, -0.2) is 51.4 Å². The van der Waals surface area contributed by atoms with E-state index in [9.17, 15) is 9.90 Å². The summed E-state index contributed by atoms with van der Waals surface area (Å²) in [4.78, 5) is 20.5. The predicted octanol–water partition coefficient (Wildman–Crippen LogP) is 0.00580. The van der Waals surface area contributed by atoms with E-state index in [1.807, 2.05) is 14.0 Å². The molecule has 2 rings (SSSR count). The molecule has 4 N–H and O–H groups in total. The Morgan fingerprint density at radius 2 is 2.00 bits per heavy atom. The number of hydrogen-bond donors (Lipinski definition) is 4. The number of carbonyl (C=O) groups excluding carboxylic acids is 1. The van der Waals surface area contributed by atoms with E-state index in [1.54, 1.807) is 22.9 Å². The number of phenolic OH excluding ortho intramolecular Hbond substituents is 1. The van der Waals surface area contributed by atoms with E-state index in [1.165, 1.54) is 12.4 Å². The lowest BCUT2D eigenvalue weighted by molar-refractivity contribution is 0.0951. The number of nitrogens with zero attached hydrogens (tertiary/aromatic N) is 4. The van der Waals surface area contributed by atoms with Gasteiger partial charge in [-0.05, 0) is 19.1 Å². The number of carbonyl (C=O) groups is 1. The number of nitrogens with one attached hydrogen (secondary N) is 3. The summed E-state index contributed by atoms with van der Waals surface area (Å²) in [6.45, 7) is 3.97.